The number of non-ortho nitro benzene ring substituents is 1. The zero-order valence-corrected chi connectivity index (χ0v) is 18.6. The minimum absolute atomic E-state index is 0.0721. The number of nitrogens with zero attached hydrogens (tertiary/aromatic N) is 2. The summed E-state index contributed by atoms with van der Waals surface area (Å²) in [7, 11) is -4.16. The van der Waals surface area contributed by atoms with E-state index in [2.05, 4.69) is 10.0 Å². The summed E-state index contributed by atoms with van der Waals surface area (Å²) in [4.78, 5) is 37.0. The minimum atomic E-state index is -4.16. The number of carbonyl (C=O) groups excluding carboxylic acids is 2. The zero-order chi connectivity index (χ0) is 23.6. The van der Waals surface area contributed by atoms with Gasteiger partial charge in [-0.25, -0.2) is 8.42 Å². The van der Waals surface area contributed by atoms with E-state index in [0.717, 1.165) is 18.9 Å². The molecule has 0 unspecified atom stereocenters. The van der Waals surface area contributed by atoms with Crippen LogP contribution in [0.5, 0.6) is 0 Å². The Morgan fingerprint density at radius 3 is 2.36 bits per heavy atom. The molecular formula is C22H24N4O6S. The van der Waals surface area contributed by atoms with Gasteiger partial charge in [0.1, 0.15) is 0 Å². The zero-order valence-electron chi connectivity index (χ0n) is 17.8. The van der Waals surface area contributed by atoms with Crippen molar-refractivity contribution < 1.29 is 22.9 Å². The number of piperidine rings is 1. The average Bonchev–Trinajstić information content (AvgIpc) is 3.65. The highest BCUT2D eigenvalue weighted by molar-refractivity contribution is 7.92. The van der Waals surface area contributed by atoms with Gasteiger partial charge in [-0.3, -0.25) is 24.4 Å². The van der Waals surface area contributed by atoms with Crippen LogP contribution in [0.3, 0.4) is 0 Å². The van der Waals surface area contributed by atoms with Crippen LogP contribution in [-0.2, 0) is 14.8 Å². The lowest BCUT2D eigenvalue weighted by molar-refractivity contribution is -0.385. The quantitative estimate of drug-likeness (QED) is 0.469. The van der Waals surface area contributed by atoms with Gasteiger partial charge in [-0.2, -0.15) is 0 Å². The van der Waals surface area contributed by atoms with Gasteiger partial charge in [0, 0.05) is 37.2 Å². The summed E-state index contributed by atoms with van der Waals surface area (Å²) in [6, 6.07) is 10.7. The molecule has 0 bridgehead atoms. The molecule has 2 aliphatic rings. The summed E-state index contributed by atoms with van der Waals surface area (Å²) in [5.74, 6) is -0.0675. The van der Waals surface area contributed by atoms with Crippen molar-refractivity contribution in [3.8, 4) is 0 Å². The van der Waals surface area contributed by atoms with Crippen LogP contribution < -0.4 is 10.0 Å². The molecule has 1 saturated heterocycles. The normalized spacial score (nSPS) is 16.8. The molecule has 0 spiro atoms. The van der Waals surface area contributed by atoms with E-state index >= 15 is 0 Å². The van der Waals surface area contributed by atoms with Gasteiger partial charge in [-0.15, -0.1) is 0 Å². The molecule has 1 heterocycles. The molecule has 2 N–H and O–H groups in total. The first-order valence-corrected chi connectivity index (χ1v) is 12.2. The van der Waals surface area contributed by atoms with Gasteiger partial charge in [0.2, 0.25) is 5.91 Å². The van der Waals surface area contributed by atoms with Gasteiger partial charge >= 0.3 is 0 Å². The number of nitro groups is 1. The summed E-state index contributed by atoms with van der Waals surface area (Å²) >= 11 is 0. The van der Waals surface area contributed by atoms with Crippen LogP contribution >= 0.6 is 0 Å². The second kappa shape index (κ2) is 9.18. The Labute approximate surface area is 191 Å². The number of sulfonamides is 1. The number of carbonyl (C=O) groups is 2. The standard InChI is InChI=1S/C22H24N4O6S/c27-21(23-16-10-12-25(13-11-16)22(28)15-8-9-15)19-6-1-2-7-20(19)24-33(31,32)18-5-3-4-17(14-18)26(29)30/h1-7,14-16,24H,8-13H2,(H,23,27). The van der Waals surface area contributed by atoms with E-state index in [4.69, 9.17) is 0 Å². The van der Waals surface area contributed by atoms with Crippen molar-refractivity contribution in [3.63, 3.8) is 0 Å². The first kappa shape index (κ1) is 22.7. The number of nitrogens with one attached hydrogen (secondary N) is 2. The van der Waals surface area contributed by atoms with E-state index in [9.17, 15) is 28.1 Å². The summed E-state index contributed by atoms with van der Waals surface area (Å²) in [5.41, 5.74) is -0.138. The Kier molecular flexibility index (Phi) is 6.32. The maximum atomic E-state index is 12.9. The second-order valence-corrected chi connectivity index (χ2v) is 9.94. The van der Waals surface area contributed by atoms with Crippen LogP contribution in [0.1, 0.15) is 36.0 Å². The number of likely N-dealkylation sites (tertiary alicyclic amines) is 1. The highest BCUT2D eigenvalue weighted by atomic mass is 32.2. The molecule has 11 heteroatoms. The van der Waals surface area contributed by atoms with Gasteiger partial charge < -0.3 is 10.2 Å². The van der Waals surface area contributed by atoms with Crippen molar-refractivity contribution >= 4 is 33.2 Å². The maximum absolute atomic E-state index is 12.9. The molecule has 0 radical (unpaired) electrons. The van der Waals surface area contributed by atoms with E-state index in [1.807, 2.05) is 4.90 Å². The molecular weight excluding hydrogens is 448 g/mol. The molecule has 2 aromatic rings. The summed E-state index contributed by atoms with van der Waals surface area (Å²) in [6.07, 6.45) is 3.18. The third-order valence-corrected chi connectivity index (χ3v) is 7.19. The molecule has 4 rings (SSSR count). The van der Waals surface area contributed by atoms with Gasteiger partial charge in [-0.05, 0) is 43.9 Å². The fourth-order valence-corrected chi connectivity index (χ4v) is 4.95. The Balaban J connectivity index is 1.44. The first-order valence-electron chi connectivity index (χ1n) is 10.7. The lowest BCUT2D eigenvalue weighted by atomic mass is 10.0. The molecule has 174 valence electrons. The molecule has 1 aliphatic carbocycles. The van der Waals surface area contributed by atoms with E-state index in [0.29, 0.717) is 25.9 Å². The third kappa shape index (κ3) is 5.30. The van der Waals surface area contributed by atoms with E-state index < -0.39 is 20.9 Å². The van der Waals surface area contributed by atoms with Crippen LogP contribution in [0, 0.1) is 16.0 Å². The number of anilines is 1. The molecule has 0 aromatic heterocycles. The average molecular weight is 473 g/mol. The molecule has 2 aromatic carbocycles. The van der Waals surface area contributed by atoms with Crippen molar-refractivity contribution in [1.29, 1.82) is 0 Å². The number of nitro benzene ring substituents is 1. The van der Waals surface area contributed by atoms with Crippen molar-refractivity contribution in [3.05, 3.63) is 64.2 Å². The second-order valence-electron chi connectivity index (χ2n) is 8.25. The highest BCUT2D eigenvalue weighted by Crippen LogP contribution is 2.32. The lowest BCUT2D eigenvalue weighted by Crippen LogP contribution is -2.47. The molecule has 1 aliphatic heterocycles. The van der Waals surface area contributed by atoms with Crippen molar-refractivity contribution in [2.24, 2.45) is 5.92 Å². The lowest BCUT2D eigenvalue weighted by Gasteiger charge is -2.32. The van der Waals surface area contributed by atoms with Crippen LogP contribution in [0.4, 0.5) is 11.4 Å². The van der Waals surface area contributed by atoms with Crippen molar-refractivity contribution in [2.75, 3.05) is 17.8 Å². The van der Waals surface area contributed by atoms with Gasteiger partial charge in [0.05, 0.1) is 21.1 Å². The Bertz CT molecular complexity index is 1190. The van der Waals surface area contributed by atoms with Gasteiger partial charge in [0.15, 0.2) is 0 Å². The van der Waals surface area contributed by atoms with Gasteiger partial charge in [-0.1, -0.05) is 18.2 Å². The molecule has 2 amide bonds. The number of amides is 2. The summed E-state index contributed by atoms with van der Waals surface area (Å²) in [6.45, 7) is 1.17. The predicted octanol–water partition coefficient (Wildman–Crippen LogP) is 2.53. The molecule has 33 heavy (non-hydrogen) atoms. The number of hydrogen-bond acceptors (Lipinski definition) is 6. The molecule has 0 atom stereocenters. The smallest absolute Gasteiger partial charge is 0.270 e. The molecule has 1 saturated carbocycles. The Hall–Kier alpha value is -3.47. The Morgan fingerprint density at radius 1 is 1.00 bits per heavy atom. The third-order valence-electron chi connectivity index (χ3n) is 5.82. The van der Waals surface area contributed by atoms with Gasteiger partial charge in [0.25, 0.3) is 21.6 Å². The van der Waals surface area contributed by atoms with Crippen LogP contribution in [0.15, 0.2) is 53.4 Å². The fourth-order valence-electron chi connectivity index (χ4n) is 3.83. The summed E-state index contributed by atoms with van der Waals surface area (Å²) < 4.78 is 28.0. The molecule has 10 nitrogen and oxygen atoms in total. The van der Waals surface area contributed by atoms with Crippen LogP contribution in [0.2, 0.25) is 0 Å². The Morgan fingerprint density at radius 2 is 1.70 bits per heavy atom. The van der Waals surface area contributed by atoms with Crippen molar-refractivity contribution in [1.82, 2.24) is 10.2 Å². The topological polar surface area (TPSA) is 139 Å². The predicted molar refractivity (Wildman–Crippen MR) is 120 cm³/mol. The fraction of sp³-hybridized carbons (Fsp3) is 0.364. The van der Waals surface area contributed by atoms with E-state index in [1.165, 1.54) is 30.3 Å². The van der Waals surface area contributed by atoms with Crippen LogP contribution in [-0.4, -0.2) is 49.2 Å². The summed E-state index contributed by atoms with van der Waals surface area (Å²) in [5, 5.41) is 13.9. The SMILES string of the molecule is O=C(NC1CCN(C(=O)C2CC2)CC1)c1ccccc1NS(=O)(=O)c1cccc([N+](=O)[O-])c1. The number of rotatable bonds is 7. The number of benzene rings is 2. The van der Waals surface area contributed by atoms with E-state index in [1.54, 1.807) is 12.1 Å². The monoisotopic (exact) mass is 472 g/mol. The molecule has 2 fully saturated rings. The largest absolute Gasteiger partial charge is 0.349 e. The van der Waals surface area contributed by atoms with E-state index in [-0.39, 0.29) is 39.7 Å². The highest BCUT2D eigenvalue weighted by Gasteiger charge is 2.35. The first-order chi connectivity index (χ1) is 15.7. The van der Waals surface area contributed by atoms with Crippen molar-refractivity contribution in [2.45, 2.75) is 36.6 Å². The number of para-hydroxylation sites is 1. The van der Waals surface area contributed by atoms with Crippen LogP contribution in [0.25, 0.3) is 0 Å². The maximum Gasteiger partial charge on any atom is 0.270 e. The minimum Gasteiger partial charge on any atom is -0.349 e. The number of hydrogen-bond donors (Lipinski definition) is 2.